The minimum absolute atomic E-state index is 0.0236. The third-order valence-corrected chi connectivity index (χ3v) is 2.60. The van der Waals surface area contributed by atoms with Crippen molar-refractivity contribution in [1.29, 1.82) is 0 Å². The van der Waals surface area contributed by atoms with Gasteiger partial charge in [0.25, 0.3) is 0 Å². The van der Waals surface area contributed by atoms with E-state index in [0.717, 1.165) is 23.4 Å². The SMILES string of the molecule is Cc1cccc(CC(N)c2ccccc2)n1. The molecule has 2 rings (SSSR count). The third kappa shape index (κ3) is 2.67. The summed E-state index contributed by atoms with van der Waals surface area (Å²) in [7, 11) is 0. The van der Waals surface area contributed by atoms with Crippen LogP contribution in [0.15, 0.2) is 48.5 Å². The van der Waals surface area contributed by atoms with Gasteiger partial charge in [-0.2, -0.15) is 0 Å². The van der Waals surface area contributed by atoms with Crippen LogP contribution in [0.25, 0.3) is 0 Å². The summed E-state index contributed by atoms with van der Waals surface area (Å²) >= 11 is 0. The number of aryl methyl sites for hydroxylation is 1. The summed E-state index contributed by atoms with van der Waals surface area (Å²) in [6.07, 6.45) is 0.783. The van der Waals surface area contributed by atoms with E-state index in [1.54, 1.807) is 0 Å². The van der Waals surface area contributed by atoms with Crippen molar-refractivity contribution < 1.29 is 0 Å². The van der Waals surface area contributed by atoms with Crippen LogP contribution in [-0.4, -0.2) is 4.98 Å². The molecule has 82 valence electrons. The van der Waals surface area contributed by atoms with Crippen molar-refractivity contribution >= 4 is 0 Å². The first-order chi connectivity index (χ1) is 7.75. The monoisotopic (exact) mass is 212 g/mol. The Kier molecular flexibility index (Phi) is 3.32. The van der Waals surface area contributed by atoms with Crippen molar-refractivity contribution in [1.82, 2.24) is 4.98 Å². The molecule has 2 nitrogen and oxygen atoms in total. The number of benzene rings is 1. The van der Waals surface area contributed by atoms with Crippen LogP contribution in [0, 0.1) is 6.92 Å². The fraction of sp³-hybridized carbons (Fsp3) is 0.214. The summed E-state index contributed by atoms with van der Waals surface area (Å²) in [4.78, 5) is 4.46. The van der Waals surface area contributed by atoms with Crippen LogP contribution < -0.4 is 5.73 Å². The smallest absolute Gasteiger partial charge is 0.0425 e. The fourth-order valence-corrected chi connectivity index (χ4v) is 1.76. The van der Waals surface area contributed by atoms with Gasteiger partial charge >= 0.3 is 0 Å². The Morgan fingerprint density at radius 1 is 1.06 bits per heavy atom. The number of aromatic nitrogens is 1. The van der Waals surface area contributed by atoms with Crippen LogP contribution in [0.2, 0.25) is 0 Å². The maximum atomic E-state index is 6.14. The Hall–Kier alpha value is -1.67. The van der Waals surface area contributed by atoms with Gasteiger partial charge in [0.05, 0.1) is 0 Å². The van der Waals surface area contributed by atoms with Gasteiger partial charge in [0.2, 0.25) is 0 Å². The molecule has 0 saturated carbocycles. The van der Waals surface area contributed by atoms with E-state index in [0.29, 0.717) is 0 Å². The van der Waals surface area contributed by atoms with Gasteiger partial charge in [-0.15, -0.1) is 0 Å². The molecule has 1 atom stereocenters. The van der Waals surface area contributed by atoms with Gasteiger partial charge in [-0.05, 0) is 24.6 Å². The van der Waals surface area contributed by atoms with Crippen LogP contribution in [0.1, 0.15) is 23.0 Å². The third-order valence-electron chi connectivity index (χ3n) is 2.60. The molecule has 0 bridgehead atoms. The maximum Gasteiger partial charge on any atom is 0.0425 e. The average Bonchev–Trinajstić information content (AvgIpc) is 2.30. The largest absolute Gasteiger partial charge is 0.324 e. The highest BCUT2D eigenvalue weighted by Gasteiger charge is 2.07. The Bertz CT molecular complexity index is 451. The lowest BCUT2D eigenvalue weighted by Crippen LogP contribution is -2.14. The zero-order valence-corrected chi connectivity index (χ0v) is 9.43. The molecule has 0 aliphatic heterocycles. The first-order valence-corrected chi connectivity index (χ1v) is 5.49. The molecule has 0 aliphatic rings. The molecular formula is C14H16N2. The predicted octanol–water partition coefficient (Wildman–Crippen LogP) is 2.63. The van der Waals surface area contributed by atoms with Gasteiger partial charge in [-0.3, -0.25) is 4.98 Å². The molecule has 0 spiro atoms. The molecule has 2 aromatic rings. The molecule has 2 N–H and O–H groups in total. The Labute approximate surface area is 96.1 Å². The molecule has 1 unspecified atom stereocenters. The number of nitrogens with two attached hydrogens (primary N) is 1. The number of rotatable bonds is 3. The average molecular weight is 212 g/mol. The normalized spacial score (nSPS) is 12.4. The molecule has 0 aliphatic carbocycles. The lowest BCUT2D eigenvalue weighted by atomic mass is 10.0. The molecule has 0 saturated heterocycles. The zero-order chi connectivity index (χ0) is 11.4. The standard InChI is InChI=1S/C14H16N2/c1-11-6-5-9-13(16-11)10-14(15)12-7-3-2-4-8-12/h2-9,14H,10,15H2,1H3. The van der Waals surface area contributed by atoms with Crippen molar-refractivity contribution in [3.05, 3.63) is 65.5 Å². The summed E-state index contributed by atoms with van der Waals surface area (Å²) in [6, 6.07) is 16.2. The van der Waals surface area contributed by atoms with E-state index in [2.05, 4.69) is 17.1 Å². The van der Waals surface area contributed by atoms with E-state index in [9.17, 15) is 0 Å². The summed E-state index contributed by atoms with van der Waals surface area (Å²) in [5.74, 6) is 0. The summed E-state index contributed by atoms with van der Waals surface area (Å²) < 4.78 is 0. The molecule has 0 fully saturated rings. The maximum absolute atomic E-state index is 6.14. The molecule has 0 radical (unpaired) electrons. The van der Waals surface area contributed by atoms with Crippen molar-refractivity contribution in [2.75, 3.05) is 0 Å². The molecule has 0 amide bonds. The van der Waals surface area contributed by atoms with Gasteiger partial charge in [-0.1, -0.05) is 36.4 Å². The second kappa shape index (κ2) is 4.90. The first kappa shape index (κ1) is 10.8. The van der Waals surface area contributed by atoms with E-state index < -0.39 is 0 Å². The lowest BCUT2D eigenvalue weighted by Gasteiger charge is -2.11. The van der Waals surface area contributed by atoms with E-state index >= 15 is 0 Å². The molecule has 1 heterocycles. The summed E-state index contributed by atoms with van der Waals surface area (Å²) in [6.45, 7) is 2.00. The minimum Gasteiger partial charge on any atom is -0.324 e. The molecular weight excluding hydrogens is 196 g/mol. The van der Waals surface area contributed by atoms with Crippen LogP contribution in [0.3, 0.4) is 0 Å². The Morgan fingerprint density at radius 2 is 1.81 bits per heavy atom. The topological polar surface area (TPSA) is 38.9 Å². The van der Waals surface area contributed by atoms with E-state index in [-0.39, 0.29) is 6.04 Å². The van der Waals surface area contributed by atoms with E-state index in [4.69, 9.17) is 5.73 Å². The highest BCUT2D eigenvalue weighted by atomic mass is 14.7. The fourth-order valence-electron chi connectivity index (χ4n) is 1.76. The second-order valence-electron chi connectivity index (χ2n) is 3.99. The van der Waals surface area contributed by atoms with Crippen LogP contribution in [0.5, 0.6) is 0 Å². The Balaban J connectivity index is 2.11. The van der Waals surface area contributed by atoms with Crippen molar-refractivity contribution in [2.45, 2.75) is 19.4 Å². The van der Waals surface area contributed by atoms with Crippen LogP contribution in [-0.2, 0) is 6.42 Å². The lowest BCUT2D eigenvalue weighted by molar-refractivity contribution is 0.705. The van der Waals surface area contributed by atoms with Crippen molar-refractivity contribution in [3.8, 4) is 0 Å². The number of nitrogens with zero attached hydrogens (tertiary/aromatic N) is 1. The predicted molar refractivity (Wildman–Crippen MR) is 66.0 cm³/mol. The van der Waals surface area contributed by atoms with Gasteiger partial charge in [-0.25, -0.2) is 0 Å². The van der Waals surface area contributed by atoms with E-state index in [1.165, 1.54) is 0 Å². The summed E-state index contributed by atoms with van der Waals surface area (Å²) in [5, 5.41) is 0. The number of hydrogen-bond donors (Lipinski definition) is 1. The molecule has 1 aromatic heterocycles. The van der Waals surface area contributed by atoms with Gasteiger partial charge in [0.1, 0.15) is 0 Å². The van der Waals surface area contributed by atoms with Crippen LogP contribution >= 0.6 is 0 Å². The van der Waals surface area contributed by atoms with E-state index in [1.807, 2.05) is 43.3 Å². The second-order valence-corrected chi connectivity index (χ2v) is 3.99. The van der Waals surface area contributed by atoms with Gasteiger partial charge < -0.3 is 5.73 Å². The Morgan fingerprint density at radius 3 is 2.50 bits per heavy atom. The van der Waals surface area contributed by atoms with Gasteiger partial charge in [0.15, 0.2) is 0 Å². The molecule has 16 heavy (non-hydrogen) atoms. The highest BCUT2D eigenvalue weighted by Crippen LogP contribution is 2.14. The number of hydrogen-bond acceptors (Lipinski definition) is 2. The zero-order valence-electron chi connectivity index (χ0n) is 9.43. The summed E-state index contributed by atoms with van der Waals surface area (Å²) in [5.41, 5.74) is 9.39. The number of pyridine rings is 1. The van der Waals surface area contributed by atoms with Gasteiger partial charge in [0, 0.05) is 23.9 Å². The van der Waals surface area contributed by atoms with Crippen LogP contribution in [0.4, 0.5) is 0 Å². The first-order valence-electron chi connectivity index (χ1n) is 5.49. The van der Waals surface area contributed by atoms with Crippen molar-refractivity contribution in [2.24, 2.45) is 5.73 Å². The molecule has 1 aromatic carbocycles. The quantitative estimate of drug-likeness (QED) is 0.849. The van der Waals surface area contributed by atoms with Crippen molar-refractivity contribution in [3.63, 3.8) is 0 Å². The minimum atomic E-state index is 0.0236. The highest BCUT2D eigenvalue weighted by molar-refractivity contribution is 5.21. The molecule has 2 heteroatoms.